The lowest BCUT2D eigenvalue weighted by Crippen LogP contribution is -2.49. The Morgan fingerprint density at radius 2 is 1.69 bits per heavy atom. The Balaban J connectivity index is 1.64. The molecule has 0 bridgehead atoms. The number of aliphatic hydroxyl groups excluding tert-OH is 1. The Bertz CT molecular complexity index is 891. The van der Waals surface area contributed by atoms with E-state index >= 15 is 0 Å². The lowest BCUT2D eigenvalue weighted by Gasteiger charge is -2.36. The van der Waals surface area contributed by atoms with Gasteiger partial charge in [-0.15, -0.1) is 0 Å². The molecule has 0 spiro atoms. The number of nitrogens with one attached hydrogen (secondary N) is 1. The summed E-state index contributed by atoms with van der Waals surface area (Å²) in [4.78, 5) is 27.3. The second kappa shape index (κ2) is 8.87. The van der Waals surface area contributed by atoms with Crippen molar-refractivity contribution < 1.29 is 23.5 Å². The van der Waals surface area contributed by atoms with Crippen molar-refractivity contribution in [1.29, 1.82) is 0 Å². The van der Waals surface area contributed by atoms with Crippen molar-refractivity contribution in [2.24, 2.45) is 0 Å². The van der Waals surface area contributed by atoms with Crippen molar-refractivity contribution in [3.8, 4) is 0 Å². The molecule has 0 unspecified atom stereocenters. The van der Waals surface area contributed by atoms with Crippen LogP contribution >= 0.6 is 0 Å². The zero-order chi connectivity index (χ0) is 21.0. The molecule has 1 fully saturated rings. The van der Waals surface area contributed by atoms with Crippen LogP contribution in [-0.2, 0) is 16.0 Å². The fourth-order valence-electron chi connectivity index (χ4n) is 3.33. The third kappa shape index (κ3) is 4.80. The topological polar surface area (TPSA) is 98.9 Å². The smallest absolute Gasteiger partial charge is 0.250 e. The van der Waals surface area contributed by atoms with Crippen LogP contribution in [0.3, 0.4) is 0 Å². The molecule has 29 heavy (non-hydrogen) atoms. The van der Waals surface area contributed by atoms with E-state index in [9.17, 15) is 18.4 Å². The van der Waals surface area contributed by atoms with Gasteiger partial charge in [0.1, 0.15) is 12.3 Å². The summed E-state index contributed by atoms with van der Waals surface area (Å²) in [7, 11) is 0. The van der Waals surface area contributed by atoms with E-state index in [0.29, 0.717) is 24.3 Å². The minimum Gasteiger partial charge on any atom is -0.399 e. The summed E-state index contributed by atoms with van der Waals surface area (Å²) in [5, 5.41) is 11.4. The normalized spacial score (nSPS) is 14.0. The number of hydrogen-bond acceptors (Lipinski definition) is 5. The number of nitrogen functional groups attached to an aromatic ring is 1. The first-order valence-corrected chi connectivity index (χ1v) is 9.15. The van der Waals surface area contributed by atoms with E-state index in [2.05, 4.69) is 5.32 Å². The molecule has 1 aliphatic heterocycles. The van der Waals surface area contributed by atoms with Crippen molar-refractivity contribution in [1.82, 2.24) is 4.90 Å². The average molecular weight is 404 g/mol. The predicted molar refractivity (Wildman–Crippen MR) is 105 cm³/mol. The average Bonchev–Trinajstić information content (AvgIpc) is 2.69. The second-order valence-corrected chi connectivity index (χ2v) is 6.74. The molecule has 2 aromatic rings. The Hall–Kier alpha value is -3.20. The number of carbonyl (C=O) groups is 2. The number of hydrogen-bond donors (Lipinski definition) is 3. The molecule has 1 saturated heterocycles. The van der Waals surface area contributed by atoms with E-state index in [1.165, 1.54) is 0 Å². The Morgan fingerprint density at radius 3 is 2.31 bits per heavy atom. The van der Waals surface area contributed by atoms with E-state index in [1.807, 2.05) is 0 Å². The van der Waals surface area contributed by atoms with Crippen molar-refractivity contribution in [2.75, 3.05) is 48.7 Å². The van der Waals surface area contributed by atoms with E-state index in [0.717, 1.165) is 12.1 Å². The van der Waals surface area contributed by atoms with Crippen LogP contribution in [0, 0.1) is 11.6 Å². The molecule has 0 radical (unpaired) electrons. The summed E-state index contributed by atoms with van der Waals surface area (Å²) in [5.41, 5.74) is 6.42. The molecule has 4 N–H and O–H groups in total. The van der Waals surface area contributed by atoms with Gasteiger partial charge in [-0.1, -0.05) is 18.2 Å². The Morgan fingerprint density at radius 1 is 1.07 bits per heavy atom. The van der Waals surface area contributed by atoms with Gasteiger partial charge >= 0.3 is 0 Å². The van der Waals surface area contributed by atoms with Crippen LogP contribution in [0.1, 0.15) is 5.56 Å². The van der Waals surface area contributed by atoms with Gasteiger partial charge in [0.2, 0.25) is 11.8 Å². The highest BCUT2D eigenvalue weighted by Gasteiger charge is 2.25. The molecule has 154 valence electrons. The minimum atomic E-state index is -0.726. The molecule has 2 amide bonds. The number of piperazine rings is 1. The van der Waals surface area contributed by atoms with Gasteiger partial charge in [-0.05, 0) is 23.8 Å². The van der Waals surface area contributed by atoms with Gasteiger partial charge in [0.25, 0.3) is 0 Å². The molecule has 0 aliphatic carbocycles. The van der Waals surface area contributed by atoms with Crippen LogP contribution in [-0.4, -0.2) is 54.6 Å². The van der Waals surface area contributed by atoms with Gasteiger partial charge in [0, 0.05) is 37.6 Å². The lowest BCUT2D eigenvalue weighted by atomic mass is 10.1. The number of aliphatic hydroxyl groups is 1. The Kier molecular flexibility index (Phi) is 6.28. The molecular weight excluding hydrogens is 382 g/mol. The molecule has 0 atom stereocenters. The minimum absolute atomic E-state index is 0.0181. The maximum absolute atomic E-state index is 14.1. The molecule has 0 saturated carbocycles. The number of rotatable bonds is 5. The first-order chi connectivity index (χ1) is 13.9. The molecule has 3 rings (SSSR count). The fraction of sp³-hybridized carbons (Fsp3) is 0.300. The highest BCUT2D eigenvalue weighted by atomic mass is 19.1. The van der Waals surface area contributed by atoms with Gasteiger partial charge in [-0.2, -0.15) is 0 Å². The molecular formula is C20H22F2N4O3. The molecule has 7 nitrogen and oxygen atoms in total. The number of benzene rings is 2. The van der Waals surface area contributed by atoms with Crippen molar-refractivity contribution in [3.05, 3.63) is 53.6 Å². The van der Waals surface area contributed by atoms with Gasteiger partial charge in [-0.25, -0.2) is 8.78 Å². The van der Waals surface area contributed by atoms with Crippen LogP contribution in [0.2, 0.25) is 0 Å². The first-order valence-electron chi connectivity index (χ1n) is 9.15. The molecule has 1 heterocycles. The fourth-order valence-corrected chi connectivity index (χ4v) is 3.33. The van der Waals surface area contributed by atoms with E-state index in [1.54, 1.807) is 34.1 Å². The summed E-state index contributed by atoms with van der Waals surface area (Å²) in [6.07, 6.45) is 0.0620. The standard InChI is InChI=1S/C20H22F2N4O3/c21-15-10-14(23)11-16(22)20(15)26-7-5-25(6-8-26)19(29)9-13-3-1-2-4-17(13)24-18(28)12-27/h1-4,10-11,27H,5-9,12,23H2,(H,24,28). The second-order valence-electron chi connectivity index (χ2n) is 6.74. The van der Waals surface area contributed by atoms with Crippen LogP contribution in [0.15, 0.2) is 36.4 Å². The van der Waals surface area contributed by atoms with Gasteiger partial charge in [0.05, 0.1) is 6.42 Å². The summed E-state index contributed by atoms with van der Waals surface area (Å²) >= 11 is 0. The molecule has 9 heteroatoms. The van der Waals surface area contributed by atoms with E-state index < -0.39 is 24.1 Å². The zero-order valence-corrected chi connectivity index (χ0v) is 15.7. The van der Waals surface area contributed by atoms with Crippen LogP contribution < -0.4 is 16.0 Å². The van der Waals surface area contributed by atoms with E-state index in [-0.39, 0.29) is 36.8 Å². The number of halogens is 2. The maximum Gasteiger partial charge on any atom is 0.250 e. The monoisotopic (exact) mass is 404 g/mol. The summed E-state index contributed by atoms with van der Waals surface area (Å²) in [6, 6.07) is 9.00. The predicted octanol–water partition coefficient (Wildman–Crippen LogP) is 1.37. The molecule has 0 aromatic heterocycles. The number of nitrogens with zero attached hydrogens (tertiary/aromatic N) is 2. The molecule has 2 aromatic carbocycles. The largest absolute Gasteiger partial charge is 0.399 e. The lowest BCUT2D eigenvalue weighted by molar-refractivity contribution is -0.130. The van der Waals surface area contributed by atoms with E-state index in [4.69, 9.17) is 10.8 Å². The highest BCUT2D eigenvalue weighted by molar-refractivity contribution is 5.93. The number of carbonyl (C=O) groups excluding carboxylic acids is 2. The van der Waals surface area contributed by atoms with Crippen LogP contribution in [0.25, 0.3) is 0 Å². The highest BCUT2D eigenvalue weighted by Crippen LogP contribution is 2.27. The number of nitrogens with two attached hydrogens (primary N) is 1. The van der Waals surface area contributed by atoms with Crippen LogP contribution in [0.5, 0.6) is 0 Å². The summed E-state index contributed by atoms with van der Waals surface area (Å²) < 4.78 is 28.2. The van der Waals surface area contributed by atoms with Gasteiger partial charge in [-0.3, -0.25) is 9.59 Å². The summed E-state index contributed by atoms with van der Waals surface area (Å²) in [6.45, 7) is 0.543. The van der Waals surface area contributed by atoms with Crippen molar-refractivity contribution >= 4 is 28.9 Å². The number of amides is 2. The van der Waals surface area contributed by atoms with Gasteiger partial charge < -0.3 is 26.0 Å². The third-order valence-electron chi connectivity index (χ3n) is 4.76. The van der Waals surface area contributed by atoms with Crippen LogP contribution in [0.4, 0.5) is 25.8 Å². The van der Waals surface area contributed by atoms with Gasteiger partial charge in [0.15, 0.2) is 11.6 Å². The maximum atomic E-state index is 14.1. The third-order valence-corrected chi connectivity index (χ3v) is 4.76. The SMILES string of the molecule is Nc1cc(F)c(N2CCN(C(=O)Cc3ccccc3NC(=O)CO)CC2)c(F)c1. The number of anilines is 3. The van der Waals surface area contributed by atoms with Crippen molar-refractivity contribution in [3.63, 3.8) is 0 Å². The summed E-state index contributed by atoms with van der Waals surface area (Å²) in [5.74, 6) is -2.17. The number of para-hydroxylation sites is 1. The zero-order valence-electron chi connectivity index (χ0n) is 15.7. The quantitative estimate of drug-likeness (QED) is 0.654. The Labute approximate surface area is 166 Å². The van der Waals surface area contributed by atoms with Crippen molar-refractivity contribution in [2.45, 2.75) is 6.42 Å². The molecule has 1 aliphatic rings. The first kappa shape index (κ1) is 20.5.